The maximum Gasteiger partial charge on any atom is 0.255 e. The minimum absolute atomic E-state index is 0.154. The van der Waals surface area contributed by atoms with Gasteiger partial charge in [-0.3, -0.25) is 4.79 Å². The van der Waals surface area contributed by atoms with Crippen LogP contribution in [-0.4, -0.2) is 10.9 Å². The third kappa shape index (κ3) is 4.25. The van der Waals surface area contributed by atoms with Crippen LogP contribution in [0.15, 0.2) is 75.6 Å². The fourth-order valence-corrected chi connectivity index (χ4v) is 3.54. The molecule has 0 bridgehead atoms. The first-order chi connectivity index (χ1) is 14.0. The summed E-state index contributed by atoms with van der Waals surface area (Å²) in [6, 6.07) is 21.0. The van der Waals surface area contributed by atoms with Crippen molar-refractivity contribution < 1.29 is 9.21 Å². The Balaban J connectivity index is 1.53. The minimum atomic E-state index is -0.154. The van der Waals surface area contributed by atoms with Crippen LogP contribution in [0.3, 0.4) is 0 Å². The van der Waals surface area contributed by atoms with Crippen LogP contribution in [0.4, 0.5) is 5.69 Å². The number of fused-ring (bicyclic) bond motifs is 1. The van der Waals surface area contributed by atoms with Crippen molar-refractivity contribution in [3.8, 4) is 11.5 Å². The number of rotatable bonds is 5. The zero-order chi connectivity index (χ0) is 20.4. The summed E-state index contributed by atoms with van der Waals surface area (Å²) in [6.07, 6.45) is 1.09. The van der Waals surface area contributed by atoms with Crippen LogP contribution in [0.1, 0.15) is 42.1 Å². The first-order valence-electron chi connectivity index (χ1n) is 9.61. The topological polar surface area (TPSA) is 55.1 Å². The molecule has 0 aliphatic carbocycles. The lowest BCUT2D eigenvalue weighted by molar-refractivity contribution is 0.102. The van der Waals surface area contributed by atoms with E-state index >= 15 is 0 Å². The van der Waals surface area contributed by atoms with Gasteiger partial charge in [0.1, 0.15) is 5.52 Å². The number of carbonyl (C=O) groups excluding carboxylic acids is 1. The smallest absolute Gasteiger partial charge is 0.255 e. The molecule has 1 heterocycles. The zero-order valence-electron chi connectivity index (χ0n) is 16.3. The number of aromatic nitrogens is 1. The molecule has 29 heavy (non-hydrogen) atoms. The Morgan fingerprint density at radius 3 is 2.62 bits per heavy atom. The summed E-state index contributed by atoms with van der Waals surface area (Å²) in [5, 5.41) is 2.91. The van der Waals surface area contributed by atoms with Gasteiger partial charge in [-0.2, -0.15) is 0 Å². The number of carbonyl (C=O) groups is 1. The molecule has 1 N–H and O–H groups in total. The molecule has 1 aromatic heterocycles. The quantitative estimate of drug-likeness (QED) is 0.356. The second-order valence-corrected chi connectivity index (χ2v) is 8.01. The van der Waals surface area contributed by atoms with Gasteiger partial charge in [-0.15, -0.1) is 0 Å². The number of nitrogens with one attached hydrogen (secondary N) is 1. The molecule has 4 nitrogen and oxygen atoms in total. The van der Waals surface area contributed by atoms with Crippen LogP contribution in [-0.2, 0) is 0 Å². The van der Waals surface area contributed by atoms with Crippen molar-refractivity contribution >= 4 is 38.6 Å². The van der Waals surface area contributed by atoms with Crippen molar-refractivity contribution in [3.63, 3.8) is 0 Å². The molecule has 5 heteroatoms. The molecule has 0 saturated carbocycles. The van der Waals surface area contributed by atoms with Crippen LogP contribution in [0.2, 0.25) is 0 Å². The van der Waals surface area contributed by atoms with Gasteiger partial charge in [-0.05, 0) is 72.5 Å². The van der Waals surface area contributed by atoms with E-state index < -0.39 is 0 Å². The molecule has 1 amide bonds. The van der Waals surface area contributed by atoms with Gasteiger partial charge in [-0.25, -0.2) is 4.98 Å². The molecular formula is C24H21BrN2O2. The van der Waals surface area contributed by atoms with Gasteiger partial charge >= 0.3 is 0 Å². The number of benzene rings is 3. The van der Waals surface area contributed by atoms with Crippen molar-refractivity contribution in [3.05, 3.63) is 82.3 Å². The van der Waals surface area contributed by atoms with E-state index in [-0.39, 0.29) is 5.91 Å². The maximum absolute atomic E-state index is 12.4. The van der Waals surface area contributed by atoms with Crippen LogP contribution in [0, 0.1) is 0 Å². The molecule has 0 aliphatic rings. The van der Waals surface area contributed by atoms with Gasteiger partial charge in [0.15, 0.2) is 5.58 Å². The van der Waals surface area contributed by atoms with E-state index in [1.807, 2.05) is 42.5 Å². The average molecular weight is 449 g/mol. The zero-order valence-corrected chi connectivity index (χ0v) is 17.9. The lowest BCUT2D eigenvalue weighted by atomic mass is 9.98. The number of halogens is 1. The number of anilines is 1. The maximum atomic E-state index is 12.4. The Bertz CT molecular complexity index is 1170. The van der Waals surface area contributed by atoms with Crippen LogP contribution >= 0.6 is 15.9 Å². The highest BCUT2D eigenvalue weighted by atomic mass is 79.9. The van der Waals surface area contributed by atoms with E-state index in [2.05, 4.69) is 52.2 Å². The highest BCUT2D eigenvalue weighted by Crippen LogP contribution is 2.28. The van der Waals surface area contributed by atoms with Gasteiger partial charge in [0, 0.05) is 21.3 Å². The molecule has 0 saturated heterocycles. The Morgan fingerprint density at radius 1 is 1.10 bits per heavy atom. The summed E-state index contributed by atoms with van der Waals surface area (Å²) in [5.41, 5.74) is 5.09. The molecule has 4 aromatic rings. The molecule has 4 rings (SSSR count). The second kappa shape index (κ2) is 8.21. The summed E-state index contributed by atoms with van der Waals surface area (Å²) < 4.78 is 6.79. The fourth-order valence-electron chi connectivity index (χ4n) is 3.14. The van der Waals surface area contributed by atoms with E-state index in [1.54, 1.807) is 12.1 Å². The lowest BCUT2D eigenvalue weighted by Gasteiger charge is -2.07. The third-order valence-electron chi connectivity index (χ3n) is 5.07. The summed E-state index contributed by atoms with van der Waals surface area (Å²) >= 11 is 3.38. The van der Waals surface area contributed by atoms with Gasteiger partial charge in [-0.1, -0.05) is 41.9 Å². The van der Waals surface area contributed by atoms with Crippen molar-refractivity contribution in [2.75, 3.05) is 5.32 Å². The summed E-state index contributed by atoms with van der Waals surface area (Å²) in [6.45, 7) is 4.39. The Hall–Kier alpha value is -2.92. The predicted molar refractivity (Wildman–Crippen MR) is 120 cm³/mol. The number of amides is 1. The monoisotopic (exact) mass is 448 g/mol. The Morgan fingerprint density at radius 2 is 1.90 bits per heavy atom. The summed E-state index contributed by atoms with van der Waals surface area (Å²) in [4.78, 5) is 17.0. The molecule has 0 unspecified atom stereocenters. The van der Waals surface area contributed by atoms with Crippen LogP contribution in [0.25, 0.3) is 22.6 Å². The number of hydrogen-bond acceptors (Lipinski definition) is 3. The predicted octanol–water partition coefficient (Wildman–Crippen LogP) is 7.02. The second-order valence-electron chi connectivity index (χ2n) is 7.10. The molecule has 3 aromatic carbocycles. The fraction of sp³-hybridized carbons (Fsp3) is 0.167. The highest BCUT2D eigenvalue weighted by molar-refractivity contribution is 9.10. The van der Waals surface area contributed by atoms with Crippen molar-refractivity contribution in [1.29, 1.82) is 0 Å². The standard InChI is InChI=1S/C24H21BrN2O2/c1-3-15(2)17-9-12-22-21(14-17)27-24(29-22)16-7-10-20(11-8-16)26-23(28)18-5-4-6-19(25)13-18/h4-15H,3H2,1-2H3,(H,26,28)/t15-/m0/s1. The first-order valence-corrected chi connectivity index (χ1v) is 10.4. The molecule has 146 valence electrons. The summed E-state index contributed by atoms with van der Waals surface area (Å²) in [5.74, 6) is 0.914. The number of hydrogen-bond donors (Lipinski definition) is 1. The average Bonchev–Trinajstić information content (AvgIpc) is 3.17. The van der Waals surface area contributed by atoms with E-state index in [1.165, 1.54) is 5.56 Å². The van der Waals surface area contributed by atoms with Crippen molar-refractivity contribution in [2.24, 2.45) is 0 Å². The van der Waals surface area contributed by atoms with Gasteiger partial charge in [0.25, 0.3) is 5.91 Å². The minimum Gasteiger partial charge on any atom is -0.436 e. The summed E-state index contributed by atoms with van der Waals surface area (Å²) in [7, 11) is 0. The largest absolute Gasteiger partial charge is 0.436 e. The van der Waals surface area contributed by atoms with E-state index in [0.29, 0.717) is 23.1 Å². The van der Waals surface area contributed by atoms with E-state index in [0.717, 1.165) is 27.6 Å². The number of nitrogens with zero attached hydrogens (tertiary/aromatic N) is 1. The Labute approximate surface area is 178 Å². The first kappa shape index (κ1) is 19.4. The van der Waals surface area contributed by atoms with Crippen molar-refractivity contribution in [1.82, 2.24) is 4.98 Å². The molecule has 0 radical (unpaired) electrons. The van der Waals surface area contributed by atoms with Gasteiger partial charge in [0.05, 0.1) is 0 Å². The van der Waals surface area contributed by atoms with Crippen LogP contribution < -0.4 is 5.32 Å². The lowest BCUT2D eigenvalue weighted by Crippen LogP contribution is -2.11. The highest BCUT2D eigenvalue weighted by Gasteiger charge is 2.12. The SMILES string of the molecule is CC[C@H](C)c1ccc2oc(-c3ccc(NC(=O)c4cccc(Br)c4)cc3)nc2c1. The number of oxazole rings is 1. The Kier molecular flexibility index (Phi) is 5.49. The molecule has 1 atom stereocenters. The molecule has 0 aliphatic heterocycles. The molecule has 0 spiro atoms. The van der Waals surface area contributed by atoms with Crippen molar-refractivity contribution in [2.45, 2.75) is 26.2 Å². The van der Waals surface area contributed by atoms with Gasteiger partial charge in [0.2, 0.25) is 5.89 Å². The molecule has 0 fully saturated rings. The van der Waals surface area contributed by atoms with E-state index in [9.17, 15) is 4.79 Å². The van der Waals surface area contributed by atoms with Gasteiger partial charge < -0.3 is 9.73 Å². The van der Waals surface area contributed by atoms with E-state index in [4.69, 9.17) is 4.42 Å². The van der Waals surface area contributed by atoms with Crippen LogP contribution in [0.5, 0.6) is 0 Å². The normalized spacial score (nSPS) is 12.1. The molecular weight excluding hydrogens is 428 g/mol. The third-order valence-corrected chi connectivity index (χ3v) is 5.56.